The third-order valence-electron chi connectivity index (χ3n) is 2.16. The first-order valence-corrected chi connectivity index (χ1v) is 5.26. The molecule has 2 aromatic rings. The van der Waals surface area contributed by atoms with Crippen LogP contribution < -0.4 is 11.1 Å². The lowest BCUT2D eigenvalue weighted by molar-refractivity contribution is 0.901. The number of H-pyrrole nitrogens is 1. The Morgan fingerprint density at radius 2 is 2.31 bits per heavy atom. The van der Waals surface area contributed by atoms with Crippen molar-refractivity contribution < 1.29 is 0 Å². The summed E-state index contributed by atoms with van der Waals surface area (Å²) in [6.07, 6.45) is 2.26. The van der Waals surface area contributed by atoms with E-state index in [-0.39, 0.29) is 0 Å². The fourth-order valence-corrected chi connectivity index (χ4v) is 1.54. The van der Waals surface area contributed by atoms with Crippen LogP contribution in [0.4, 0.5) is 11.4 Å². The molecule has 16 heavy (non-hydrogen) atoms. The number of aromatic nitrogens is 3. The zero-order valence-electron chi connectivity index (χ0n) is 8.57. The summed E-state index contributed by atoms with van der Waals surface area (Å²) in [6.45, 7) is 0.737. The molecular formula is C10H12ClN5. The van der Waals surface area contributed by atoms with Gasteiger partial charge in [0.1, 0.15) is 12.2 Å². The molecule has 0 aliphatic carbocycles. The van der Waals surface area contributed by atoms with Gasteiger partial charge in [0.05, 0.1) is 11.4 Å². The average molecular weight is 238 g/mol. The highest BCUT2D eigenvalue weighted by molar-refractivity contribution is 6.31. The molecule has 0 amide bonds. The smallest absolute Gasteiger partial charge is 0.137 e. The van der Waals surface area contributed by atoms with Crippen molar-refractivity contribution in [1.82, 2.24) is 15.2 Å². The zero-order valence-corrected chi connectivity index (χ0v) is 9.33. The minimum absolute atomic E-state index is 0.637. The van der Waals surface area contributed by atoms with Crippen LogP contribution in [0.3, 0.4) is 0 Å². The summed E-state index contributed by atoms with van der Waals surface area (Å²) in [4.78, 5) is 4.02. The monoisotopic (exact) mass is 237 g/mol. The number of hydrogen-bond donors (Lipinski definition) is 3. The Bertz CT molecular complexity index is 454. The molecule has 1 aromatic heterocycles. The van der Waals surface area contributed by atoms with E-state index < -0.39 is 0 Å². The minimum Gasteiger partial charge on any atom is -0.397 e. The maximum atomic E-state index is 5.80. The van der Waals surface area contributed by atoms with Crippen molar-refractivity contribution in [3.63, 3.8) is 0 Å². The number of nitrogen functional groups attached to an aromatic ring is 1. The van der Waals surface area contributed by atoms with Crippen LogP contribution in [0.1, 0.15) is 5.82 Å². The van der Waals surface area contributed by atoms with Crippen LogP contribution in [-0.4, -0.2) is 21.7 Å². The van der Waals surface area contributed by atoms with Gasteiger partial charge in [-0.1, -0.05) is 11.6 Å². The van der Waals surface area contributed by atoms with Crippen LogP contribution in [0.25, 0.3) is 0 Å². The molecule has 0 fully saturated rings. The summed E-state index contributed by atoms with van der Waals surface area (Å²) in [7, 11) is 0. The number of benzene rings is 1. The molecule has 4 N–H and O–H groups in total. The first-order chi connectivity index (χ1) is 7.75. The summed E-state index contributed by atoms with van der Waals surface area (Å²) >= 11 is 5.80. The maximum Gasteiger partial charge on any atom is 0.137 e. The highest BCUT2D eigenvalue weighted by Crippen LogP contribution is 2.22. The van der Waals surface area contributed by atoms with Gasteiger partial charge in [0, 0.05) is 18.0 Å². The summed E-state index contributed by atoms with van der Waals surface area (Å²) in [6, 6.07) is 5.38. The first kappa shape index (κ1) is 10.8. The molecule has 0 saturated heterocycles. The first-order valence-electron chi connectivity index (χ1n) is 4.89. The van der Waals surface area contributed by atoms with Gasteiger partial charge in [-0.25, -0.2) is 4.98 Å². The number of halogens is 1. The van der Waals surface area contributed by atoms with Crippen LogP contribution in [0.2, 0.25) is 5.02 Å². The van der Waals surface area contributed by atoms with Gasteiger partial charge in [0.2, 0.25) is 0 Å². The molecule has 0 radical (unpaired) electrons. The molecule has 6 heteroatoms. The van der Waals surface area contributed by atoms with Crippen molar-refractivity contribution in [2.24, 2.45) is 0 Å². The fourth-order valence-electron chi connectivity index (χ4n) is 1.36. The maximum absolute atomic E-state index is 5.80. The second-order valence-electron chi connectivity index (χ2n) is 3.34. The Hall–Kier alpha value is -1.75. The summed E-state index contributed by atoms with van der Waals surface area (Å²) in [5.41, 5.74) is 7.32. The Labute approximate surface area is 98.0 Å². The standard InChI is InChI=1S/C10H12ClN5/c11-7-1-2-9(8(12)5-7)13-4-3-10-14-6-15-16-10/h1-2,5-6,13H,3-4,12H2,(H,14,15,16). The molecule has 0 aliphatic heterocycles. The van der Waals surface area contributed by atoms with Crippen LogP contribution in [0.15, 0.2) is 24.5 Å². The van der Waals surface area contributed by atoms with E-state index in [2.05, 4.69) is 20.5 Å². The molecule has 0 saturated carbocycles. The third-order valence-corrected chi connectivity index (χ3v) is 2.39. The molecule has 0 aliphatic rings. The van der Waals surface area contributed by atoms with E-state index >= 15 is 0 Å². The van der Waals surface area contributed by atoms with E-state index in [1.54, 1.807) is 12.1 Å². The van der Waals surface area contributed by atoms with Crippen LogP contribution in [0.5, 0.6) is 0 Å². The SMILES string of the molecule is Nc1cc(Cl)ccc1NCCc1ncn[nH]1. The topological polar surface area (TPSA) is 79.6 Å². The molecular weight excluding hydrogens is 226 g/mol. The van der Waals surface area contributed by atoms with Gasteiger partial charge in [-0.3, -0.25) is 5.10 Å². The second kappa shape index (κ2) is 4.85. The summed E-state index contributed by atoms with van der Waals surface area (Å²) in [5, 5.41) is 10.4. The Kier molecular flexibility index (Phi) is 3.26. The molecule has 0 spiro atoms. The van der Waals surface area contributed by atoms with Crippen molar-refractivity contribution in [3.8, 4) is 0 Å². The fraction of sp³-hybridized carbons (Fsp3) is 0.200. The number of aromatic amines is 1. The van der Waals surface area contributed by atoms with E-state index in [1.807, 2.05) is 6.07 Å². The van der Waals surface area contributed by atoms with Crippen molar-refractivity contribution >= 4 is 23.0 Å². The number of nitrogens with one attached hydrogen (secondary N) is 2. The molecule has 84 valence electrons. The Morgan fingerprint density at radius 1 is 1.44 bits per heavy atom. The zero-order chi connectivity index (χ0) is 11.4. The largest absolute Gasteiger partial charge is 0.397 e. The van der Waals surface area contributed by atoms with Crippen LogP contribution >= 0.6 is 11.6 Å². The van der Waals surface area contributed by atoms with Gasteiger partial charge < -0.3 is 11.1 Å². The Balaban J connectivity index is 1.90. The molecule has 1 aromatic carbocycles. The molecule has 0 unspecified atom stereocenters. The number of anilines is 2. The average Bonchev–Trinajstić information content (AvgIpc) is 2.74. The van der Waals surface area contributed by atoms with Crippen molar-refractivity contribution in [2.75, 3.05) is 17.6 Å². The van der Waals surface area contributed by atoms with Crippen molar-refractivity contribution in [2.45, 2.75) is 6.42 Å². The van der Waals surface area contributed by atoms with E-state index in [0.717, 1.165) is 24.5 Å². The van der Waals surface area contributed by atoms with Crippen LogP contribution in [-0.2, 0) is 6.42 Å². The van der Waals surface area contributed by atoms with Crippen molar-refractivity contribution in [3.05, 3.63) is 35.4 Å². The van der Waals surface area contributed by atoms with E-state index in [9.17, 15) is 0 Å². The highest BCUT2D eigenvalue weighted by atomic mass is 35.5. The molecule has 0 bridgehead atoms. The normalized spacial score (nSPS) is 10.3. The summed E-state index contributed by atoms with van der Waals surface area (Å²) in [5.74, 6) is 0.847. The summed E-state index contributed by atoms with van der Waals surface area (Å²) < 4.78 is 0. The Morgan fingerprint density at radius 3 is 3.00 bits per heavy atom. The number of nitrogens with two attached hydrogens (primary N) is 1. The quantitative estimate of drug-likeness (QED) is 0.707. The van der Waals surface area contributed by atoms with E-state index in [1.165, 1.54) is 6.33 Å². The van der Waals surface area contributed by atoms with Gasteiger partial charge in [-0.15, -0.1) is 0 Å². The van der Waals surface area contributed by atoms with Gasteiger partial charge in [0.15, 0.2) is 0 Å². The van der Waals surface area contributed by atoms with E-state index in [4.69, 9.17) is 17.3 Å². The van der Waals surface area contributed by atoms with Gasteiger partial charge in [-0.2, -0.15) is 5.10 Å². The lowest BCUT2D eigenvalue weighted by atomic mass is 10.2. The van der Waals surface area contributed by atoms with Crippen molar-refractivity contribution in [1.29, 1.82) is 0 Å². The molecule has 1 heterocycles. The number of hydrogen-bond acceptors (Lipinski definition) is 4. The highest BCUT2D eigenvalue weighted by Gasteiger charge is 2.00. The van der Waals surface area contributed by atoms with Gasteiger partial charge >= 0.3 is 0 Å². The number of rotatable bonds is 4. The lowest BCUT2D eigenvalue weighted by Gasteiger charge is -2.08. The van der Waals surface area contributed by atoms with Gasteiger partial charge in [-0.05, 0) is 18.2 Å². The lowest BCUT2D eigenvalue weighted by Crippen LogP contribution is -2.07. The number of nitrogens with zero attached hydrogens (tertiary/aromatic N) is 2. The second-order valence-corrected chi connectivity index (χ2v) is 3.78. The molecule has 2 rings (SSSR count). The predicted molar refractivity (Wildman–Crippen MR) is 64.4 cm³/mol. The molecule has 0 atom stereocenters. The molecule has 5 nitrogen and oxygen atoms in total. The van der Waals surface area contributed by atoms with Gasteiger partial charge in [0.25, 0.3) is 0 Å². The minimum atomic E-state index is 0.637. The van der Waals surface area contributed by atoms with Crippen LogP contribution in [0, 0.1) is 0 Å². The predicted octanol–water partition coefficient (Wildman–Crippen LogP) is 1.69. The third kappa shape index (κ3) is 2.64. The van der Waals surface area contributed by atoms with E-state index in [0.29, 0.717) is 10.7 Å².